The molecule has 25 heavy (non-hydrogen) atoms. The Kier molecular flexibility index (Phi) is 6.22. The molecule has 2 heterocycles. The summed E-state index contributed by atoms with van der Waals surface area (Å²) < 4.78 is 16.2. The quantitative estimate of drug-likeness (QED) is 0.630. The summed E-state index contributed by atoms with van der Waals surface area (Å²) in [7, 11) is 3.04. The highest BCUT2D eigenvalue weighted by Gasteiger charge is 2.36. The summed E-state index contributed by atoms with van der Waals surface area (Å²) in [6.07, 6.45) is 3.98. The van der Waals surface area contributed by atoms with Crippen molar-refractivity contribution in [3.05, 3.63) is 36.5 Å². The summed E-state index contributed by atoms with van der Waals surface area (Å²) >= 11 is 0. The number of carbonyl (C=O) groups excluding carboxylic acids is 1. The van der Waals surface area contributed by atoms with Gasteiger partial charge in [-0.2, -0.15) is 0 Å². The second-order valence-electron chi connectivity index (χ2n) is 5.71. The van der Waals surface area contributed by atoms with Gasteiger partial charge >= 0.3 is 5.97 Å². The number of hydrogen-bond acceptors (Lipinski definition) is 5. The number of methoxy groups -OCH3 is 2. The predicted molar refractivity (Wildman–Crippen MR) is 90.0 cm³/mol. The van der Waals surface area contributed by atoms with Gasteiger partial charge in [-0.3, -0.25) is 0 Å². The van der Waals surface area contributed by atoms with Crippen molar-refractivity contribution in [2.45, 2.75) is 18.6 Å². The van der Waals surface area contributed by atoms with Crippen LogP contribution in [0.15, 0.2) is 31.0 Å². The van der Waals surface area contributed by atoms with E-state index in [2.05, 4.69) is 11.6 Å². The van der Waals surface area contributed by atoms with E-state index >= 15 is 0 Å². The number of fused-ring (bicyclic) bond motifs is 1. The molecule has 0 radical (unpaired) electrons. The molecule has 6 nitrogen and oxygen atoms in total. The molecule has 1 aromatic carbocycles. The van der Waals surface area contributed by atoms with E-state index in [0.717, 1.165) is 22.1 Å². The molecule has 0 aliphatic carbocycles. The summed E-state index contributed by atoms with van der Waals surface area (Å²) in [5, 5.41) is 3.82. The van der Waals surface area contributed by atoms with Gasteiger partial charge in [-0.25, -0.2) is 9.78 Å². The standard InChI is InChI=1S/C18H20N2O4.ClH/c1-4-11-7-14-12(8-16(11)22-2)5-6-19-17(14)24-13-9-15(20-10-13)18(21)23-3;/h4-8,13,15,20H,1,9-10H2,2-3H3;1H/t13-,15+;/m1./s1. The normalized spacial score (nSPS) is 19.1. The predicted octanol–water partition coefficient (Wildman–Crippen LogP) is -1.85. The molecule has 0 amide bonds. The van der Waals surface area contributed by atoms with Crippen molar-refractivity contribution in [3.63, 3.8) is 0 Å². The SMILES string of the molecule is C=Cc1cc2c(O[C@H]3C[NH2+][C@H](C(=O)OC)C3)nccc2cc1OC.[Cl-]. The van der Waals surface area contributed by atoms with Gasteiger partial charge in [0.2, 0.25) is 5.88 Å². The number of quaternary nitrogens is 1. The third-order valence-corrected chi connectivity index (χ3v) is 4.28. The van der Waals surface area contributed by atoms with Crippen LogP contribution in [-0.2, 0) is 9.53 Å². The number of aromatic nitrogens is 1. The number of nitrogens with two attached hydrogens (primary N) is 1. The van der Waals surface area contributed by atoms with Crippen molar-refractivity contribution >= 4 is 22.8 Å². The minimum absolute atomic E-state index is 0. The highest BCUT2D eigenvalue weighted by molar-refractivity contribution is 5.90. The van der Waals surface area contributed by atoms with Crippen LogP contribution in [0.5, 0.6) is 11.6 Å². The first kappa shape index (κ1) is 19.0. The molecule has 3 rings (SSSR count). The molecular formula is C18H21ClN2O4. The molecule has 0 bridgehead atoms. The Morgan fingerprint density at radius 2 is 2.20 bits per heavy atom. The first-order chi connectivity index (χ1) is 11.7. The van der Waals surface area contributed by atoms with E-state index in [0.29, 0.717) is 18.8 Å². The lowest BCUT2D eigenvalue weighted by atomic mass is 10.1. The van der Waals surface area contributed by atoms with Crippen molar-refractivity contribution in [1.82, 2.24) is 4.98 Å². The van der Waals surface area contributed by atoms with Crippen molar-refractivity contribution in [2.75, 3.05) is 20.8 Å². The largest absolute Gasteiger partial charge is 1.00 e. The van der Waals surface area contributed by atoms with Gasteiger partial charge in [-0.05, 0) is 23.6 Å². The lowest BCUT2D eigenvalue weighted by Crippen LogP contribution is -3.00. The van der Waals surface area contributed by atoms with E-state index in [1.54, 1.807) is 19.4 Å². The number of nitrogens with zero attached hydrogens (tertiary/aromatic N) is 1. The Morgan fingerprint density at radius 1 is 1.40 bits per heavy atom. The monoisotopic (exact) mass is 364 g/mol. The van der Waals surface area contributed by atoms with E-state index in [9.17, 15) is 4.79 Å². The summed E-state index contributed by atoms with van der Waals surface area (Å²) in [6, 6.07) is 5.60. The highest BCUT2D eigenvalue weighted by atomic mass is 35.5. The van der Waals surface area contributed by atoms with Crippen LogP contribution in [0.1, 0.15) is 12.0 Å². The van der Waals surface area contributed by atoms with Crippen LogP contribution in [0, 0.1) is 0 Å². The lowest BCUT2D eigenvalue weighted by molar-refractivity contribution is -0.660. The highest BCUT2D eigenvalue weighted by Crippen LogP contribution is 2.31. The number of hydrogen-bond donors (Lipinski definition) is 1. The Balaban J connectivity index is 0.00000225. The number of pyridine rings is 1. The van der Waals surface area contributed by atoms with Gasteiger partial charge in [0, 0.05) is 17.1 Å². The van der Waals surface area contributed by atoms with E-state index in [1.807, 2.05) is 23.5 Å². The zero-order valence-electron chi connectivity index (χ0n) is 14.2. The molecule has 1 aliphatic heterocycles. The summed E-state index contributed by atoms with van der Waals surface area (Å²) in [4.78, 5) is 16.0. The third kappa shape index (κ3) is 3.86. The number of benzene rings is 1. The fourth-order valence-corrected chi connectivity index (χ4v) is 3.01. The maximum absolute atomic E-state index is 11.6. The molecule has 2 N–H and O–H groups in total. The van der Waals surface area contributed by atoms with Crippen molar-refractivity contribution in [1.29, 1.82) is 0 Å². The lowest BCUT2D eigenvalue weighted by Gasteiger charge is -2.13. The van der Waals surface area contributed by atoms with Crippen LogP contribution in [0.25, 0.3) is 16.8 Å². The van der Waals surface area contributed by atoms with Gasteiger partial charge in [-0.15, -0.1) is 0 Å². The fraction of sp³-hybridized carbons (Fsp3) is 0.333. The molecule has 2 aromatic rings. The maximum Gasteiger partial charge on any atom is 0.364 e. The Hall–Kier alpha value is -2.31. The number of rotatable bonds is 5. The molecule has 134 valence electrons. The van der Waals surface area contributed by atoms with Crippen LogP contribution >= 0.6 is 0 Å². The van der Waals surface area contributed by atoms with Crippen LogP contribution in [0.3, 0.4) is 0 Å². The van der Waals surface area contributed by atoms with Crippen LogP contribution in [-0.4, -0.2) is 43.9 Å². The fourth-order valence-electron chi connectivity index (χ4n) is 3.01. The average molecular weight is 365 g/mol. The van der Waals surface area contributed by atoms with E-state index in [-0.39, 0.29) is 30.5 Å². The molecule has 2 atom stereocenters. The molecule has 0 spiro atoms. The van der Waals surface area contributed by atoms with Crippen molar-refractivity contribution in [2.24, 2.45) is 0 Å². The summed E-state index contributed by atoms with van der Waals surface area (Å²) in [6.45, 7) is 4.52. The molecule has 0 saturated carbocycles. The van der Waals surface area contributed by atoms with E-state index < -0.39 is 0 Å². The number of carbonyl (C=O) groups is 1. The van der Waals surface area contributed by atoms with Gasteiger partial charge in [0.25, 0.3) is 0 Å². The average Bonchev–Trinajstić information content (AvgIpc) is 3.08. The van der Waals surface area contributed by atoms with Crippen LogP contribution in [0.4, 0.5) is 0 Å². The smallest absolute Gasteiger partial charge is 0.364 e. The summed E-state index contributed by atoms with van der Waals surface area (Å²) in [5.74, 6) is 1.10. The van der Waals surface area contributed by atoms with Gasteiger partial charge in [0.1, 0.15) is 12.3 Å². The van der Waals surface area contributed by atoms with Crippen molar-refractivity contribution < 1.29 is 36.7 Å². The number of ether oxygens (including phenoxy) is 3. The molecule has 1 aromatic heterocycles. The van der Waals surface area contributed by atoms with E-state index in [1.165, 1.54) is 7.11 Å². The zero-order valence-corrected chi connectivity index (χ0v) is 15.0. The van der Waals surface area contributed by atoms with Crippen molar-refractivity contribution in [3.8, 4) is 11.6 Å². The molecule has 1 fully saturated rings. The minimum Gasteiger partial charge on any atom is -1.00 e. The Labute approximate surface area is 152 Å². The first-order valence-electron chi connectivity index (χ1n) is 7.83. The minimum atomic E-state index is -0.217. The maximum atomic E-state index is 11.6. The topological polar surface area (TPSA) is 74.3 Å². The second-order valence-corrected chi connectivity index (χ2v) is 5.71. The van der Waals surface area contributed by atoms with Gasteiger partial charge < -0.3 is 31.9 Å². The Bertz CT molecular complexity index is 781. The van der Waals surface area contributed by atoms with Gasteiger partial charge in [0.15, 0.2) is 12.1 Å². The van der Waals surface area contributed by atoms with Crippen LogP contribution < -0.4 is 27.2 Å². The molecule has 0 unspecified atom stereocenters. The number of halogens is 1. The molecule has 1 saturated heterocycles. The molecule has 1 aliphatic rings. The van der Waals surface area contributed by atoms with Crippen LogP contribution in [0.2, 0.25) is 0 Å². The van der Waals surface area contributed by atoms with E-state index in [4.69, 9.17) is 14.2 Å². The molecular weight excluding hydrogens is 344 g/mol. The first-order valence-corrected chi connectivity index (χ1v) is 7.83. The third-order valence-electron chi connectivity index (χ3n) is 4.28. The zero-order chi connectivity index (χ0) is 17.1. The molecule has 7 heteroatoms. The summed E-state index contributed by atoms with van der Waals surface area (Å²) in [5.41, 5.74) is 0.883. The van der Waals surface area contributed by atoms with Gasteiger partial charge in [0.05, 0.1) is 20.6 Å². The number of esters is 1. The second kappa shape index (κ2) is 8.18. The van der Waals surface area contributed by atoms with Gasteiger partial charge in [-0.1, -0.05) is 12.7 Å². The Morgan fingerprint density at radius 3 is 2.88 bits per heavy atom.